The number of benzene rings is 1. The van der Waals surface area contributed by atoms with E-state index in [1.54, 1.807) is 6.20 Å². The van der Waals surface area contributed by atoms with Gasteiger partial charge in [-0.05, 0) is 25.2 Å². The quantitative estimate of drug-likeness (QED) is 0.824. The number of rotatable bonds is 3. The Labute approximate surface area is 109 Å². The number of hydrogen-bond donors (Lipinski definition) is 2. The predicted octanol–water partition coefficient (Wildman–Crippen LogP) is 1.02. The molecule has 6 nitrogen and oxygen atoms in total. The average molecular weight is 287 g/mol. The van der Waals surface area contributed by atoms with Gasteiger partial charge >= 0.3 is 0 Å². The van der Waals surface area contributed by atoms with Gasteiger partial charge in [0.2, 0.25) is 10.0 Å². The minimum absolute atomic E-state index is 0.112. The largest absolute Gasteiger partial charge is 0.397 e. The summed E-state index contributed by atoms with van der Waals surface area (Å²) in [5.41, 5.74) is 6.66. The van der Waals surface area contributed by atoms with Gasteiger partial charge in [0.1, 0.15) is 0 Å². The third-order valence-corrected chi connectivity index (χ3v) is 3.99. The van der Waals surface area contributed by atoms with Gasteiger partial charge in [0.15, 0.2) is 0 Å². The summed E-state index contributed by atoms with van der Waals surface area (Å²) in [5.74, 6) is 0. The second-order valence-electron chi connectivity index (χ2n) is 3.53. The molecule has 18 heavy (non-hydrogen) atoms. The number of nitrogens with two attached hydrogens (primary N) is 1. The van der Waals surface area contributed by atoms with Crippen molar-refractivity contribution in [2.45, 2.75) is 4.90 Å². The molecule has 0 amide bonds. The Bertz CT molecular complexity index is 681. The molecule has 0 aliphatic carbocycles. The molecule has 3 N–H and O–H groups in total. The van der Waals surface area contributed by atoms with E-state index < -0.39 is 10.0 Å². The highest BCUT2D eigenvalue weighted by molar-refractivity contribution is 7.89. The van der Waals surface area contributed by atoms with Crippen molar-refractivity contribution in [3.8, 4) is 5.69 Å². The highest BCUT2D eigenvalue weighted by Crippen LogP contribution is 2.22. The lowest BCUT2D eigenvalue weighted by Crippen LogP contribution is -2.19. The summed E-state index contributed by atoms with van der Waals surface area (Å²) in [6.07, 6.45) is 2.99. The standard InChI is InChI=1S/C10H11ClN4O2S/c1-13-18(16,17)8-2-3-9(12)10(4-8)15-6-7(11)5-14-15/h2-6,13H,12H2,1H3. The molecule has 8 heteroatoms. The number of aromatic nitrogens is 2. The summed E-state index contributed by atoms with van der Waals surface area (Å²) in [6, 6.07) is 4.37. The van der Waals surface area contributed by atoms with Crippen molar-refractivity contribution in [1.82, 2.24) is 14.5 Å². The zero-order chi connectivity index (χ0) is 13.3. The molecule has 0 unspecified atom stereocenters. The van der Waals surface area contributed by atoms with Crippen LogP contribution in [-0.4, -0.2) is 25.2 Å². The molecule has 1 aromatic carbocycles. The van der Waals surface area contributed by atoms with Gasteiger partial charge in [0.05, 0.1) is 27.5 Å². The van der Waals surface area contributed by atoms with Gasteiger partial charge in [0.25, 0.3) is 0 Å². The highest BCUT2D eigenvalue weighted by atomic mass is 35.5. The first-order chi connectivity index (χ1) is 8.44. The van der Waals surface area contributed by atoms with Crippen molar-refractivity contribution in [2.75, 3.05) is 12.8 Å². The molecule has 0 radical (unpaired) electrons. The van der Waals surface area contributed by atoms with Crippen LogP contribution < -0.4 is 10.5 Å². The lowest BCUT2D eigenvalue weighted by molar-refractivity contribution is 0.588. The predicted molar refractivity (Wildman–Crippen MR) is 69.2 cm³/mol. The SMILES string of the molecule is CNS(=O)(=O)c1ccc(N)c(-n2cc(Cl)cn2)c1. The van der Waals surface area contributed by atoms with Gasteiger partial charge in [-0.1, -0.05) is 11.6 Å². The zero-order valence-corrected chi connectivity index (χ0v) is 11.0. The minimum Gasteiger partial charge on any atom is -0.397 e. The molecular formula is C10H11ClN4O2S. The highest BCUT2D eigenvalue weighted by Gasteiger charge is 2.14. The van der Waals surface area contributed by atoms with Gasteiger partial charge in [-0.15, -0.1) is 0 Å². The van der Waals surface area contributed by atoms with E-state index in [4.69, 9.17) is 17.3 Å². The third-order valence-electron chi connectivity index (χ3n) is 2.38. The number of hydrogen-bond acceptors (Lipinski definition) is 4. The maximum atomic E-state index is 11.7. The van der Waals surface area contributed by atoms with Crippen LogP contribution in [0.3, 0.4) is 0 Å². The molecule has 0 fully saturated rings. The average Bonchev–Trinajstić information content (AvgIpc) is 2.76. The van der Waals surface area contributed by atoms with Crippen molar-refractivity contribution in [3.05, 3.63) is 35.6 Å². The second kappa shape index (κ2) is 4.60. The fourth-order valence-corrected chi connectivity index (χ4v) is 2.33. The molecule has 1 aromatic heterocycles. The first-order valence-electron chi connectivity index (χ1n) is 4.97. The molecule has 2 aromatic rings. The molecule has 0 saturated carbocycles. The topological polar surface area (TPSA) is 90.0 Å². The Morgan fingerprint density at radius 3 is 2.72 bits per heavy atom. The van der Waals surface area contributed by atoms with Crippen LogP contribution in [0.2, 0.25) is 5.02 Å². The molecule has 0 bridgehead atoms. The van der Waals surface area contributed by atoms with Gasteiger partial charge in [-0.2, -0.15) is 5.10 Å². The molecule has 2 rings (SSSR count). The van der Waals surface area contributed by atoms with Crippen LogP contribution in [0.5, 0.6) is 0 Å². The van der Waals surface area contributed by atoms with Crippen molar-refractivity contribution >= 4 is 27.3 Å². The van der Waals surface area contributed by atoms with Crippen molar-refractivity contribution < 1.29 is 8.42 Å². The van der Waals surface area contributed by atoms with E-state index in [9.17, 15) is 8.42 Å². The molecule has 0 aliphatic heterocycles. The first-order valence-corrected chi connectivity index (χ1v) is 6.84. The normalized spacial score (nSPS) is 11.7. The molecule has 0 spiro atoms. The van der Waals surface area contributed by atoms with Crippen molar-refractivity contribution in [2.24, 2.45) is 0 Å². The van der Waals surface area contributed by atoms with Gasteiger partial charge in [-0.25, -0.2) is 17.8 Å². The number of anilines is 1. The van der Waals surface area contributed by atoms with Crippen LogP contribution in [0.4, 0.5) is 5.69 Å². The fourth-order valence-electron chi connectivity index (χ4n) is 1.44. The van der Waals surface area contributed by atoms with E-state index in [1.807, 2.05) is 0 Å². The summed E-state index contributed by atoms with van der Waals surface area (Å²) in [4.78, 5) is 0.112. The summed E-state index contributed by atoms with van der Waals surface area (Å²) < 4.78 is 27.0. The van der Waals surface area contributed by atoms with Crippen molar-refractivity contribution in [3.63, 3.8) is 0 Å². The van der Waals surface area contributed by atoms with E-state index in [0.717, 1.165) is 0 Å². The third kappa shape index (κ3) is 2.33. The van der Waals surface area contributed by atoms with Crippen LogP contribution in [0, 0.1) is 0 Å². The van der Waals surface area contributed by atoms with E-state index in [1.165, 1.54) is 36.1 Å². The lowest BCUT2D eigenvalue weighted by atomic mass is 10.3. The van der Waals surface area contributed by atoms with Crippen LogP contribution >= 0.6 is 11.6 Å². The molecule has 1 heterocycles. The number of nitrogens with one attached hydrogen (secondary N) is 1. The van der Waals surface area contributed by atoms with E-state index in [0.29, 0.717) is 16.4 Å². The Hall–Kier alpha value is -1.57. The minimum atomic E-state index is -3.52. The fraction of sp³-hybridized carbons (Fsp3) is 0.100. The molecule has 96 valence electrons. The first kappa shape index (κ1) is 12.9. The molecule has 0 atom stereocenters. The maximum absolute atomic E-state index is 11.7. The number of halogens is 1. The lowest BCUT2D eigenvalue weighted by Gasteiger charge is -2.08. The Balaban J connectivity index is 2.59. The number of sulfonamides is 1. The number of nitrogen functional groups attached to an aromatic ring is 1. The number of nitrogens with zero attached hydrogens (tertiary/aromatic N) is 2. The van der Waals surface area contributed by atoms with Crippen LogP contribution in [0.15, 0.2) is 35.5 Å². The summed E-state index contributed by atoms with van der Waals surface area (Å²) in [5, 5.41) is 4.43. The van der Waals surface area contributed by atoms with Crippen LogP contribution in [-0.2, 0) is 10.0 Å². The van der Waals surface area contributed by atoms with Crippen molar-refractivity contribution in [1.29, 1.82) is 0 Å². The van der Waals surface area contributed by atoms with Gasteiger partial charge in [0, 0.05) is 6.20 Å². The summed E-state index contributed by atoms with van der Waals surface area (Å²) in [6.45, 7) is 0. The Morgan fingerprint density at radius 1 is 1.44 bits per heavy atom. The molecule has 0 saturated heterocycles. The maximum Gasteiger partial charge on any atom is 0.240 e. The summed E-state index contributed by atoms with van der Waals surface area (Å²) in [7, 11) is -2.17. The van der Waals surface area contributed by atoms with Gasteiger partial charge < -0.3 is 5.73 Å². The molecular weight excluding hydrogens is 276 g/mol. The smallest absolute Gasteiger partial charge is 0.240 e. The van der Waals surface area contributed by atoms with E-state index in [2.05, 4.69) is 9.82 Å². The zero-order valence-electron chi connectivity index (χ0n) is 9.46. The summed E-state index contributed by atoms with van der Waals surface area (Å²) >= 11 is 5.76. The Morgan fingerprint density at radius 2 is 2.17 bits per heavy atom. The second-order valence-corrected chi connectivity index (χ2v) is 5.85. The Kier molecular flexibility index (Phi) is 3.29. The van der Waals surface area contributed by atoms with E-state index in [-0.39, 0.29) is 4.90 Å². The molecule has 0 aliphatic rings. The van der Waals surface area contributed by atoms with Crippen LogP contribution in [0.25, 0.3) is 5.69 Å². The van der Waals surface area contributed by atoms with Gasteiger partial charge in [-0.3, -0.25) is 0 Å². The monoisotopic (exact) mass is 286 g/mol. The van der Waals surface area contributed by atoms with Crippen LogP contribution in [0.1, 0.15) is 0 Å². The van der Waals surface area contributed by atoms with E-state index >= 15 is 0 Å².